The maximum Gasteiger partial charge on any atom is 0.250 e. The lowest BCUT2D eigenvalue weighted by Crippen LogP contribution is -2.44. The first-order valence-electron chi connectivity index (χ1n) is 6.68. The van der Waals surface area contributed by atoms with Crippen molar-refractivity contribution in [1.29, 1.82) is 0 Å². The molecule has 0 radical (unpaired) electrons. The third-order valence-electron chi connectivity index (χ3n) is 3.99. The number of rotatable bonds is 4. The molecule has 0 spiro atoms. The molecule has 2 nitrogen and oxygen atoms in total. The minimum absolute atomic E-state index is 0.232. The monoisotopic (exact) mass is 264 g/mol. The zero-order valence-electron chi connectivity index (χ0n) is 12.1. The minimum atomic E-state index is -1.75. The molecule has 1 aliphatic rings. The predicted octanol–water partition coefficient (Wildman–Crippen LogP) is 4.01. The topological polar surface area (TPSA) is 21.8 Å². The van der Waals surface area contributed by atoms with Gasteiger partial charge in [-0.25, -0.2) is 0 Å². The fourth-order valence-corrected chi connectivity index (χ4v) is 2.69. The van der Waals surface area contributed by atoms with Crippen LogP contribution in [-0.4, -0.2) is 21.0 Å². The van der Waals surface area contributed by atoms with Gasteiger partial charge in [0.2, 0.25) is 8.32 Å². The molecule has 1 unspecified atom stereocenters. The average Bonchev–Trinajstić information content (AvgIpc) is 3.03. The van der Waals surface area contributed by atoms with E-state index in [2.05, 4.69) is 58.1 Å². The molecule has 18 heavy (non-hydrogen) atoms. The number of ether oxygens (including phenoxy) is 1. The lowest BCUT2D eigenvalue weighted by Gasteiger charge is -2.37. The van der Waals surface area contributed by atoms with Crippen molar-refractivity contribution in [2.24, 2.45) is 0 Å². The first-order valence-corrected chi connectivity index (χ1v) is 9.59. The molecule has 0 amide bonds. The molecule has 0 N–H and O–H groups in total. The summed E-state index contributed by atoms with van der Waals surface area (Å²) >= 11 is 0. The van der Waals surface area contributed by atoms with E-state index in [1.165, 1.54) is 5.56 Å². The molecular formula is C15H24O2Si. The smallest absolute Gasteiger partial charge is 0.250 e. The second-order valence-electron chi connectivity index (χ2n) is 6.63. The van der Waals surface area contributed by atoms with Crippen LogP contribution in [0, 0.1) is 0 Å². The zero-order valence-corrected chi connectivity index (χ0v) is 13.1. The third kappa shape index (κ3) is 3.15. The molecule has 1 saturated heterocycles. The summed E-state index contributed by atoms with van der Waals surface area (Å²) in [7, 11) is -1.75. The Balaban J connectivity index is 2.17. The van der Waals surface area contributed by atoms with E-state index in [1.807, 2.05) is 0 Å². The van der Waals surface area contributed by atoms with Crippen LogP contribution in [-0.2, 0) is 11.2 Å². The Kier molecular flexibility index (Phi) is 3.56. The number of benzene rings is 1. The minimum Gasteiger partial charge on any atom is -0.543 e. The molecule has 1 fully saturated rings. The van der Waals surface area contributed by atoms with Gasteiger partial charge in [-0.2, -0.15) is 0 Å². The van der Waals surface area contributed by atoms with E-state index < -0.39 is 8.32 Å². The van der Waals surface area contributed by atoms with Gasteiger partial charge in [-0.15, -0.1) is 0 Å². The van der Waals surface area contributed by atoms with Crippen molar-refractivity contribution >= 4 is 8.32 Å². The van der Waals surface area contributed by atoms with Crippen molar-refractivity contribution in [3.05, 3.63) is 29.8 Å². The fraction of sp³-hybridized carbons (Fsp3) is 0.600. The molecule has 1 atom stereocenters. The predicted molar refractivity (Wildman–Crippen MR) is 77.7 cm³/mol. The molecule has 3 heteroatoms. The van der Waals surface area contributed by atoms with E-state index in [-0.39, 0.29) is 5.04 Å². The second-order valence-corrected chi connectivity index (χ2v) is 11.4. The summed E-state index contributed by atoms with van der Waals surface area (Å²) in [5.74, 6) is 1.06. The maximum absolute atomic E-state index is 6.41. The van der Waals surface area contributed by atoms with Gasteiger partial charge < -0.3 is 9.16 Å². The van der Waals surface area contributed by atoms with Crippen LogP contribution in [0.4, 0.5) is 0 Å². The summed E-state index contributed by atoms with van der Waals surface area (Å²) in [6.45, 7) is 12.3. The quantitative estimate of drug-likeness (QED) is 0.605. The van der Waals surface area contributed by atoms with E-state index in [0.29, 0.717) is 6.10 Å². The van der Waals surface area contributed by atoms with Gasteiger partial charge in [0, 0.05) is 6.42 Å². The molecule has 1 aromatic carbocycles. The lowest BCUT2D eigenvalue weighted by molar-refractivity contribution is 0.404. The number of hydrogen-bond acceptors (Lipinski definition) is 2. The Morgan fingerprint density at radius 2 is 1.89 bits per heavy atom. The molecular weight excluding hydrogens is 240 g/mol. The van der Waals surface area contributed by atoms with Gasteiger partial charge in [-0.05, 0) is 29.8 Å². The Labute approximate surface area is 111 Å². The maximum atomic E-state index is 6.41. The van der Waals surface area contributed by atoms with Gasteiger partial charge in [0.25, 0.3) is 0 Å². The molecule has 0 saturated carbocycles. The Morgan fingerprint density at radius 1 is 1.28 bits per heavy atom. The van der Waals surface area contributed by atoms with Crippen LogP contribution < -0.4 is 4.43 Å². The molecule has 0 aromatic heterocycles. The number of para-hydroxylation sites is 1. The molecule has 0 aliphatic carbocycles. The molecule has 100 valence electrons. The molecule has 0 bridgehead atoms. The summed E-state index contributed by atoms with van der Waals surface area (Å²) in [6.07, 6.45) is 1.39. The molecule has 2 rings (SSSR count). The van der Waals surface area contributed by atoms with Gasteiger partial charge >= 0.3 is 0 Å². The Bertz CT molecular complexity index is 417. The number of hydrogen-bond donors (Lipinski definition) is 0. The van der Waals surface area contributed by atoms with Gasteiger partial charge in [-0.3, -0.25) is 0 Å². The van der Waals surface area contributed by atoms with Crippen molar-refractivity contribution in [2.45, 2.75) is 51.4 Å². The molecule has 1 aromatic rings. The summed E-state index contributed by atoms with van der Waals surface area (Å²) < 4.78 is 11.7. The van der Waals surface area contributed by atoms with Crippen LogP contribution in [0.25, 0.3) is 0 Å². The Hall–Kier alpha value is -0.803. The molecule has 1 aliphatic heterocycles. The lowest BCUT2D eigenvalue weighted by atomic mass is 10.1. The highest BCUT2D eigenvalue weighted by Crippen LogP contribution is 2.38. The Morgan fingerprint density at radius 3 is 2.44 bits per heavy atom. The second kappa shape index (κ2) is 4.70. The van der Waals surface area contributed by atoms with E-state index in [1.54, 1.807) is 0 Å². The normalized spacial score (nSPS) is 19.7. The SMILES string of the molecule is CC(C)(C)[Si](C)(C)Oc1ccccc1CC1CO1. The van der Waals surface area contributed by atoms with Crippen LogP contribution in [0.15, 0.2) is 24.3 Å². The van der Waals surface area contributed by atoms with Gasteiger partial charge in [-0.1, -0.05) is 39.0 Å². The van der Waals surface area contributed by atoms with E-state index >= 15 is 0 Å². The standard InChI is InChI=1S/C15H24O2Si/c1-15(2,3)18(4,5)17-14-9-7-6-8-12(14)10-13-11-16-13/h6-9,13H,10-11H2,1-5H3. The highest BCUT2D eigenvalue weighted by molar-refractivity contribution is 6.74. The summed E-state index contributed by atoms with van der Waals surface area (Å²) in [5, 5.41) is 0.232. The van der Waals surface area contributed by atoms with Crippen LogP contribution >= 0.6 is 0 Å². The van der Waals surface area contributed by atoms with E-state index in [4.69, 9.17) is 9.16 Å². The van der Waals surface area contributed by atoms with E-state index in [0.717, 1.165) is 18.8 Å². The van der Waals surface area contributed by atoms with Gasteiger partial charge in [0.05, 0.1) is 12.7 Å². The van der Waals surface area contributed by atoms with Gasteiger partial charge in [0.1, 0.15) is 5.75 Å². The first-order chi connectivity index (χ1) is 8.29. The van der Waals surface area contributed by atoms with Crippen molar-refractivity contribution in [2.75, 3.05) is 6.61 Å². The largest absolute Gasteiger partial charge is 0.543 e. The highest BCUT2D eigenvalue weighted by Gasteiger charge is 2.39. The number of epoxide rings is 1. The highest BCUT2D eigenvalue weighted by atomic mass is 28.4. The van der Waals surface area contributed by atoms with Crippen molar-refractivity contribution in [3.63, 3.8) is 0 Å². The van der Waals surface area contributed by atoms with E-state index in [9.17, 15) is 0 Å². The van der Waals surface area contributed by atoms with Crippen LogP contribution in [0.1, 0.15) is 26.3 Å². The summed E-state index contributed by atoms with van der Waals surface area (Å²) in [5.41, 5.74) is 1.28. The van der Waals surface area contributed by atoms with Crippen molar-refractivity contribution < 1.29 is 9.16 Å². The first kappa shape index (κ1) is 13.6. The van der Waals surface area contributed by atoms with Crippen LogP contribution in [0.2, 0.25) is 18.1 Å². The molecule has 1 heterocycles. The van der Waals surface area contributed by atoms with Gasteiger partial charge in [0.15, 0.2) is 0 Å². The summed E-state index contributed by atoms with van der Waals surface area (Å²) in [4.78, 5) is 0. The van der Waals surface area contributed by atoms with Crippen molar-refractivity contribution in [3.8, 4) is 5.75 Å². The van der Waals surface area contributed by atoms with Crippen LogP contribution in [0.5, 0.6) is 5.75 Å². The zero-order chi connectivity index (χ0) is 13.4. The van der Waals surface area contributed by atoms with Crippen molar-refractivity contribution in [1.82, 2.24) is 0 Å². The van der Waals surface area contributed by atoms with Crippen LogP contribution in [0.3, 0.4) is 0 Å². The fourth-order valence-electron chi connectivity index (χ4n) is 1.63. The average molecular weight is 264 g/mol. The summed E-state index contributed by atoms with van der Waals surface area (Å²) in [6, 6.07) is 8.39. The third-order valence-corrected chi connectivity index (χ3v) is 8.34.